The van der Waals surface area contributed by atoms with Gasteiger partial charge in [-0.05, 0) is 49.3 Å². The van der Waals surface area contributed by atoms with Crippen LogP contribution in [0.4, 0.5) is 0 Å². The van der Waals surface area contributed by atoms with Crippen LogP contribution in [-0.4, -0.2) is 67.4 Å². The lowest BCUT2D eigenvalue weighted by Gasteiger charge is -2.26. The van der Waals surface area contributed by atoms with Crippen molar-refractivity contribution in [2.75, 3.05) is 33.8 Å². The van der Waals surface area contributed by atoms with Gasteiger partial charge < -0.3 is 19.9 Å². The molecule has 1 aromatic rings. The van der Waals surface area contributed by atoms with Crippen LogP contribution in [0.15, 0.2) is 24.3 Å². The number of likely N-dealkylation sites (tertiary alicyclic amines) is 1. The molecule has 1 aliphatic rings. The summed E-state index contributed by atoms with van der Waals surface area (Å²) in [4.78, 5) is 41.6. The van der Waals surface area contributed by atoms with E-state index in [4.69, 9.17) is 4.74 Å². The predicted molar refractivity (Wildman–Crippen MR) is 121 cm³/mol. The van der Waals surface area contributed by atoms with Crippen LogP contribution in [0, 0.1) is 5.41 Å². The number of methoxy groups -OCH3 is 1. The maximum absolute atomic E-state index is 13.0. The topological polar surface area (TPSA) is 79.0 Å². The number of nitrogens with one attached hydrogen (secondary N) is 1. The lowest BCUT2D eigenvalue weighted by atomic mass is 9.91. The van der Waals surface area contributed by atoms with Crippen molar-refractivity contribution in [1.29, 1.82) is 0 Å². The van der Waals surface area contributed by atoms with E-state index in [1.807, 2.05) is 25.7 Å². The van der Waals surface area contributed by atoms with Gasteiger partial charge in [-0.2, -0.15) is 0 Å². The molecule has 1 fully saturated rings. The summed E-state index contributed by atoms with van der Waals surface area (Å²) in [5, 5.41) is 2.95. The van der Waals surface area contributed by atoms with Gasteiger partial charge in [0.25, 0.3) is 5.91 Å². The minimum Gasteiger partial charge on any atom is -0.497 e. The zero-order valence-electron chi connectivity index (χ0n) is 19.6. The van der Waals surface area contributed by atoms with Crippen molar-refractivity contribution in [1.82, 2.24) is 15.1 Å². The van der Waals surface area contributed by atoms with Crippen molar-refractivity contribution < 1.29 is 19.1 Å². The first-order valence-corrected chi connectivity index (χ1v) is 11.1. The molecule has 3 amide bonds. The molecule has 0 aliphatic carbocycles. The van der Waals surface area contributed by atoms with Crippen molar-refractivity contribution in [3.8, 4) is 5.75 Å². The summed E-state index contributed by atoms with van der Waals surface area (Å²) in [5.41, 5.74) is 0.416. The highest BCUT2D eigenvalue weighted by atomic mass is 16.5. The van der Waals surface area contributed by atoms with E-state index in [1.54, 1.807) is 43.3 Å². The standard InChI is InChI=1S/C24H37N3O4/c1-24(2,3)17-21(28)25-20(23(30)27-14-6-7-15-27)12-9-13-26(4)22(29)18-10-8-11-19(16-18)31-5/h8,10-11,16,20H,6-7,9,12-15,17H2,1-5H3,(H,25,28). The predicted octanol–water partition coefficient (Wildman–Crippen LogP) is 3.09. The minimum absolute atomic E-state index is 0.0125. The third kappa shape index (κ3) is 7.89. The summed E-state index contributed by atoms with van der Waals surface area (Å²) < 4.78 is 5.19. The number of benzene rings is 1. The van der Waals surface area contributed by atoms with Gasteiger partial charge in [-0.1, -0.05) is 26.8 Å². The molecule has 1 saturated heterocycles. The second-order valence-corrected chi connectivity index (χ2v) is 9.49. The maximum atomic E-state index is 13.0. The van der Waals surface area contributed by atoms with Gasteiger partial charge in [-0.15, -0.1) is 0 Å². The highest BCUT2D eigenvalue weighted by Gasteiger charge is 2.28. The molecule has 1 heterocycles. The molecule has 1 unspecified atom stereocenters. The van der Waals surface area contributed by atoms with Gasteiger partial charge >= 0.3 is 0 Å². The molecule has 1 aliphatic heterocycles. The second kappa shape index (κ2) is 11.2. The number of carbonyl (C=O) groups is 3. The Balaban J connectivity index is 1.95. The van der Waals surface area contributed by atoms with Crippen molar-refractivity contribution >= 4 is 17.7 Å². The molecule has 0 aromatic heterocycles. The van der Waals surface area contributed by atoms with E-state index in [0.717, 1.165) is 25.9 Å². The molecule has 1 aromatic carbocycles. The van der Waals surface area contributed by atoms with Crippen LogP contribution in [0.25, 0.3) is 0 Å². The monoisotopic (exact) mass is 431 g/mol. The number of rotatable bonds is 9. The molecular weight excluding hydrogens is 394 g/mol. The molecule has 31 heavy (non-hydrogen) atoms. The molecule has 7 nitrogen and oxygen atoms in total. The fourth-order valence-electron chi connectivity index (χ4n) is 3.75. The van der Waals surface area contributed by atoms with Crippen LogP contribution in [0.5, 0.6) is 5.75 Å². The first-order chi connectivity index (χ1) is 14.6. The summed E-state index contributed by atoms with van der Waals surface area (Å²) in [6, 6.07) is 6.51. The Labute approximate surface area is 186 Å². The molecule has 0 bridgehead atoms. The summed E-state index contributed by atoms with van der Waals surface area (Å²) in [7, 11) is 3.32. The zero-order valence-corrected chi connectivity index (χ0v) is 19.6. The largest absolute Gasteiger partial charge is 0.497 e. The Morgan fingerprint density at radius 1 is 1.19 bits per heavy atom. The average Bonchev–Trinajstić information content (AvgIpc) is 3.25. The van der Waals surface area contributed by atoms with Gasteiger partial charge in [0, 0.05) is 38.7 Å². The highest BCUT2D eigenvalue weighted by Crippen LogP contribution is 2.19. The Kier molecular flexibility index (Phi) is 8.89. The first kappa shape index (κ1) is 24.7. The Morgan fingerprint density at radius 2 is 1.87 bits per heavy atom. The summed E-state index contributed by atoms with van der Waals surface area (Å²) in [6.45, 7) is 8.00. The van der Waals surface area contributed by atoms with E-state index in [0.29, 0.717) is 37.1 Å². The van der Waals surface area contributed by atoms with Crippen molar-refractivity contribution in [3.63, 3.8) is 0 Å². The minimum atomic E-state index is -0.548. The number of amides is 3. The van der Waals surface area contributed by atoms with Gasteiger partial charge in [0.2, 0.25) is 11.8 Å². The van der Waals surface area contributed by atoms with Gasteiger partial charge in [0.1, 0.15) is 11.8 Å². The fourth-order valence-corrected chi connectivity index (χ4v) is 3.75. The summed E-state index contributed by atoms with van der Waals surface area (Å²) >= 11 is 0. The lowest BCUT2D eigenvalue weighted by molar-refractivity contribution is -0.136. The first-order valence-electron chi connectivity index (χ1n) is 11.1. The van der Waals surface area contributed by atoms with E-state index in [-0.39, 0.29) is 23.1 Å². The number of ether oxygens (including phenoxy) is 1. The summed E-state index contributed by atoms with van der Waals surface area (Å²) in [5.74, 6) is 0.419. The smallest absolute Gasteiger partial charge is 0.253 e. The van der Waals surface area contributed by atoms with E-state index in [2.05, 4.69) is 5.32 Å². The van der Waals surface area contributed by atoms with Crippen molar-refractivity contribution in [3.05, 3.63) is 29.8 Å². The molecule has 0 spiro atoms. The number of carbonyl (C=O) groups excluding carboxylic acids is 3. The zero-order chi connectivity index (χ0) is 23.0. The normalized spacial score (nSPS) is 14.8. The molecule has 7 heteroatoms. The maximum Gasteiger partial charge on any atom is 0.253 e. The third-order valence-electron chi connectivity index (χ3n) is 5.39. The number of hydrogen-bond donors (Lipinski definition) is 1. The lowest BCUT2D eigenvalue weighted by Crippen LogP contribution is -2.48. The Morgan fingerprint density at radius 3 is 2.48 bits per heavy atom. The van der Waals surface area contributed by atoms with Gasteiger partial charge in [-0.25, -0.2) is 0 Å². The highest BCUT2D eigenvalue weighted by molar-refractivity contribution is 5.94. The molecule has 172 valence electrons. The summed E-state index contributed by atoms with van der Waals surface area (Å²) in [6.07, 6.45) is 3.50. The molecule has 1 atom stereocenters. The van der Waals surface area contributed by atoms with Crippen LogP contribution >= 0.6 is 0 Å². The second-order valence-electron chi connectivity index (χ2n) is 9.49. The van der Waals surface area contributed by atoms with E-state index in [1.165, 1.54) is 0 Å². The number of hydrogen-bond acceptors (Lipinski definition) is 4. The van der Waals surface area contributed by atoms with E-state index >= 15 is 0 Å². The third-order valence-corrected chi connectivity index (χ3v) is 5.39. The van der Waals surface area contributed by atoms with Gasteiger partial charge in [0.15, 0.2) is 0 Å². The molecule has 1 N–H and O–H groups in total. The molecule has 0 radical (unpaired) electrons. The van der Waals surface area contributed by atoms with Crippen LogP contribution in [0.3, 0.4) is 0 Å². The molecule has 2 rings (SSSR count). The van der Waals surface area contributed by atoms with Crippen molar-refractivity contribution in [2.24, 2.45) is 5.41 Å². The van der Waals surface area contributed by atoms with Crippen molar-refractivity contribution in [2.45, 2.75) is 58.9 Å². The van der Waals surface area contributed by atoms with Crippen LogP contribution < -0.4 is 10.1 Å². The quantitative estimate of drug-likeness (QED) is 0.652. The van der Waals surface area contributed by atoms with Gasteiger partial charge in [0.05, 0.1) is 7.11 Å². The van der Waals surface area contributed by atoms with E-state index in [9.17, 15) is 14.4 Å². The Bertz CT molecular complexity index is 766. The SMILES string of the molecule is COc1cccc(C(=O)N(C)CCCC(NC(=O)CC(C)(C)C)C(=O)N2CCCC2)c1. The molecular formula is C24H37N3O4. The molecule has 0 saturated carbocycles. The van der Waals surface area contributed by atoms with Gasteiger partial charge in [-0.3, -0.25) is 14.4 Å². The van der Waals surface area contributed by atoms with Crippen LogP contribution in [-0.2, 0) is 9.59 Å². The Hall–Kier alpha value is -2.57. The fraction of sp³-hybridized carbons (Fsp3) is 0.625. The average molecular weight is 432 g/mol. The van der Waals surface area contributed by atoms with Crippen LogP contribution in [0.1, 0.15) is 63.2 Å². The number of nitrogens with zero attached hydrogens (tertiary/aromatic N) is 2. The van der Waals surface area contributed by atoms with Crippen LogP contribution in [0.2, 0.25) is 0 Å². The van der Waals surface area contributed by atoms with E-state index < -0.39 is 6.04 Å².